The van der Waals surface area contributed by atoms with Crippen LogP contribution in [-0.2, 0) is 5.75 Å². The molecule has 2 aromatic rings. The normalized spacial score (nSPS) is 10.3. The number of rotatable bonds is 3. The van der Waals surface area contributed by atoms with E-state index >= 15 is 0 Å². The Morgan fingerprint density at radius 2 is 2.25 bits per heavy atom. The summed E-state index contributed by atoms with van der Waals surface area (Å²) in [5.74, 6) is 1.73. The summed E-state index contributed by atoms with van der Waals surface area (Å²) in [4.78, 5) is 8.56. The van der Waals surface area contributed by atoms with Gasteiger partial charge < -0.3 is 4.98 Å². The Kier molecular flexibility index (Phi) is 3.74. The van der Waals surface area contributed by atoms with Crippen LogP contribution in [0.15, 0.2) is 41.4 Å². The molecule has 1 aromatic heterocycles. The van der Waals surface area contributed by atoms with Gasteiger partial charge in [-0.2, -0.15) is 0 Å². The van der Waals surface area contributed by atoms with E-state index in [0.717, 1.165) is 16.2 Å². The minimum absolute atomic E-state index is 0.731. The summed E-state index contributed by atoms with van der Waals surface area (Å²) < 4.78 is 0.731. The Labute approximate surface area is 104 Å². The van der Waals surface area contributed by atoms with Gasteiger partial charge in [0.1, 0.15) is 10.5 Å². The van der Waals surface area contributed by atoms with Crippen LogP contribution < -0.4 is 0 Å². The van der Waals surface area contributed by atoms with Crippen molar-refractivity contribution in [2.75, 3.05) is 0 Å². The predicted octanol–water partition coefficient (Wildman–Crippen LogP) is 3.74. The van der Waals surface area contributed by atoms with Crippen LogP contribution in [-0.4, -0.2) is 9.97 Å². The van der Waals surface area contributed by atoms with Gasteiger partial charge in [-0.3, -0.25) is 0 Å². The van der Waals surface area contributed by atoms with Gasteiger partial charge in [0.25, 0.3) is 0 Å². The average molecular weight is 248 g/mol. The minimum Gasteiger partial charge on any atom is -0.334 e. The molecular weight excluding hydrogens is 236 g/mol. The molecule has 2 rings (SSSR count). The fraction of sp³-hybridized carbons (Fsp3) is 0.167. The number of aromatic amines is 1. The summed E-state index contributed by atoms with van der Waals surface area (Å²) in [6, 6.07) is 10.2. The molecule has 0 spiro atoms. The van der Waals surface area contributed by atoms with Crippen LogP contribution >= 0.6 is 24.0 Å². The highest BCUT2D eigenvalue weighted by Crippen LogP contribution is 2.21. The van der Waals surface area contributed by atoms with Crippen LogP contribution in [0.2, 0.25) is 0 Å². The lowest BCUT2D eigenvalue weighted by atomic mass is 10.2. The highest BCUT2D eigenvalue weighted by molar-refractivity contribution is 7.98. The van der Waals surface area contributed by atoms with Crippen LogP contribution in [0.25, 0.3) is 0 Å². The number of aryl methyl sites for hydroxylation is 1. The first-order valence-corrected chi connectivity index (χ1v) is 6.37. The summed E-state index contributed by atoms with van der Waals surface area (Å²) in [5.41, 5.74) is 1.28. The van der Waals surface area contributed by atoms with E-state index in [-0.39, 0.29) is 0 Å². The second-order valence-corrected chi connectivity index (χ2v) is 4.97. The molecule has 82 valence electrons. The third-order valence-electron chi connectivity index (χ3n) is 2.09. The van der Waals surface area contributed by atoms with E-state index in [1.54, 1.807) is 24.0 Å². The molecule has 0 aliphatic carbocycles. The van der Waals surface area contributed by atoms with Crippen molar-refractivity contribution < 1.29 is 0 Å². The van der Waals surface area contributed by atoms with Crippen molar-refractivity contribution in [2.45, 2.75) is 17.6 Å². The number of benzene rings is 1. The number of aromatic nitrogens is 2. The Morgan fingerprint density at radius 3 is 3.00 bits per heavy atom. The van der Waals surface area contributed by atoms with Gasteiger partial charge in [0.15, 0.2) is 0 Å². The smallest absolute Gasteiger partial charge is 0.117 e. The fourth-order valence-electron chi connectivity index (χ4n) is 1.34. The molecule has 0 amide bonds. The number of hydrogen-bond acceptors (Lipinski definition) is 3. The Bertz CT molecular complexity index is 534. The SMILES string of the molecule is Cc1cccc(SCc2nccc(=S)[nH]2)c1. The first-order valence-electron chi connectivity index (χ1n) is 4.98. The molecule has 1 heterocycles. The summed E-state index contributed by atoms with van der Waals surface area (Å²) >= 11 is 6.80. The zero-order chi connectivity index (χ0) is 11.4. The van der Waals surface area contributed by atoms with Crippen LogP contribution in [0, 0.1) is 11.6 Å². The van der Waals surface area contributed by atoms with E-state index < -0.39 is 0 Å². The van der Waals surface area contributed by atoms with Gasteiger partial charge >= 0.3 is 0 Å². The van der Waals surface area contributed by atoms with Gasteiger partial charge in [0, 0.05) is 11.1 Å². The van der Waals surface area contributed by atoms with Gasteiger partial charge in [-0.15, -0.1) is 11.8 Å². The molecule has 0 saturated carbocycles. The van der Waals surface area contributed by atoms with Gasteiger partial charge in [-0.05, 0) is 25.1 Å². The second kappa shape index (κ2) is 5.27. The molecule has 1 N–H and O–H groups in total. The van der Waals surface area contributed by atoms with E-state index in [1.165, 1.54) is 10.5 Å². The average Bonchev–Trinajstić information content (AvgIpc) is 2.27. The second-order valence-electron chi connectivity index (χ2n) is 3.49. The highest BCUT2D eigenvalue weighted by Gasteiger charge is 1.97. The molecule has 2 nitrogen and oxygen atoms in total. The van der Waals surface area contributed by atoms with Gasteiger partial charge in [0.2, 0.25) is 0 Å². The molecule has 0 atom stereocenters. The first kappa shape index (κ1) is 11.4. The summed E-state index contributed by atoms with van der Waals surface area (Å²) in [6.45, 7) is 2.10. The number of thioether (sulfide) groups is 1. The molecule has 1 aromatic carbocycles. The largest absolute Gasteiger partial charge is 0.334 e. The molecule has 16 heavy (non-hydrogen) atoms. The number of nitrogens with zero attached hydrogens (tertiary/aromatic N) is 1. The van der Waals surface area contributed by atoms with Crippen LogP contribution in [0.5, 0.6) is 0 Å². The van der Waals surface area contributed by atoms with Gasteiger partial charge in [-0.25, -0.2) is 4.98 Å². The number of hydrogen-bond donors (Lipinski definition) is 1. The van der Waals surface area contributed by atoms with Crippen molar-refractivity contribution >= 4 is 24.0 Å². The molecule has 0 fully saturated rings. The number of nitrogens with one attached hydrogen (secondary N) is 1. The maximum Gasteiger partial charge on any atom is 0.117 e. The van der Waals surface area contributed by atoms with Crippen molar-refractivity contribution in [2.24, 2.45) is 0 Å². The third-order valence-corrected chi connectivity index (χ3v) is 3.33. The Hall–Kier alpha value is -1.13. The van der Waals surface area contributed by atoms with E-state index in [2.05, 4.69) is 41.2 Å². The Balaban J connectivity index is 2.05. The first-order chi connectivity index (χ1) is 7.74. The van der Waals surface area contributed by atoms with E-state index in [0.29, 0.717) is 0 Å². The lowest BCUT2D eigenvalue weighted by Gasteiger charge is -2.02. The summed E-state index contributed by atoms with van der Waals surface area (Å²) in [5, 5.41) is 0. The molecule has 0 saturated heterocycles. The number of H-pyrrole nitrogens is 1. The van der Waals surface area contributed by atoms with Crippen LogP contribution in [0.1, 0.15) is 11.4 Å². The standard InChI is InChI=1S/C12H12N2S2/c1-9-3-2-4-10(7-9)16-8-11-13-6-5-12(15)14-11/h2-7H,8H2,1H3,(H,13,14,15). The summed E-state index contributed by atoms with van der Waals surface area (Å²) in [6.07, 6.45) is 1.74. The predicted molar refractivity (Wildman–Crippen MR) is 70.2 cm³/mol. The van der Waals surface area contributed by atoms with Crippen LogP contribution in [0.3, 0.4) is 0 Å². The van der Waals surface area contributed by atoms with E-state index in [9.17, 15) is 0 Å². The zero-order valence-electron chi connectivity index (χ0n) is 8.93. The van der Waals surface area contributed by atoms with E-state index in [1.807, 2.05) is 0 Å². The lowest BCUT2D eigenvalue weighted by Crippen LogP contribution is -1.91. The molecule has 0 unspecified atom stereocenters. The quantitative estimate of drug-likeness (QED) is 0.662. The molecule has 4 heteroatoms. The van der Waals surface area contributed by atoms with Crippen molar-refractivity contribution in [3.05, 3.63) is 52.6 Å². The maximum atomic E-state index is 5.05. The van der Waals surface area contributed by atoms with E-state index in [4.69, 9.17) is 12.2 Å². The highest BCUT2D eigenvalue weighted by atomic mass is 32.2. The monoisotopic (exact) mass is 248 g/mol. The fourth-order valence-corrected chi connectivity index (χ4v) is 2.41. The molecule has 0 aliphatic rings. The lowest BCUT2D eigenvalue weighted by molar-refractivity contribution is 1.02. The van der Waals surface area contributed by atoms with Crippen molar-refractivity contribution in [3.63, 3.8) is 0 Å². The molecule has 0 aliphatic heterocycles. The Morgan fingerprint density at radius 1 is 1.38 bits per heavy atom. The van der Waals surface area contributed by atoms with Crippen molar-refractivity contribution in [1.82, 2.24) is 9.97 Å². The molecule has 0 bridgehead atoms. The maximum absolute atomic E-state index is 5.05. The molecular formula is C12H12N2S2. The van der Waals surface area contributed by atoms with Crippen molar-refractivity contribution in [1.29, 1.82) is 0 Å². The summed E-state index contributed by atoms with van der Waals surface area (Å²) in [7, 11) is 0. The van der Waals surface area contributed by atoms with Gasteiger partial charge in [0.05, 0.1) is 5.75 Å². The van der Waals surface area contributed by atoms with Crippen LogP contribution in [0.4, 0.5) is 0 Å². The zero-order valence-corrected chi connectivity index (χ0v) is 10.6. The molecule has 0 radical (unpaired) electrons. The van der Waals surface area contributed by atoms with Crippen molar-refractivity contribution in [3.8, 4) is 0 Å². The topological polar surface area (TPSA) is 28.7 Å². The van der Waals surface area contributed by atoms with Gasteiger partial charge in [-0.1, -0.05) is 29.9 Å². The third kappa shape index (κ3) is 3.18. The minimum atomic E-state index is 0.731.